The Morgan fingerprint density at radius 1 is 1.38 bits per heavy atom. The molecule has 0 aromatic heterocycles. The number of carbonyl (C=O) groups is 2. The minimum Gasteiger partial charge on any atom is -0.480 e. The molecule has 21 heavy (non-hydrogen) atoms. The highest BCUT2D eigenvalue weighted by atomic mass is 32.2. The zero-order chi connectivity index (χ0) is 15.5. The Hall–Kier alpha value is -1.49. The van der Waals surface area contributed by atoms with Crippen molar-refractivity contribution in [3.63, 3.8) is 0 Å². The molecule has 0 spiro atoms. The van der Waals surface area contributed by atoms with E-state index in [9.17, 15) is 9.59 Å². The van der Waals surface area contributed by atoms with Gasteiger partial charge in [0.05, 0.1) is 5.56 Å². The third kappa shape index (κ3) is 4.49. The van der Waals surface area contributed by atoms with Gasteiger partial charge in [0.25, 0.3) is 5.91 Å². The van der Waals surface area contributed by atoms with Gasteiger partial charge in [-0.15, -0.1) is 11.8 Å². The number of nitrogens with one attached hydrogen (secondary N) is 1. The average molecular weight is 307 g/mol. The highest BCUT2D eigenvalue weighted by Crippen LogP contribution is 2.47. The van der Waals surface area contributed by atoms with Gasteiger partial charge in [-0.3, -0.25) is 9.59 Å². The number of carboxylic acids is 1. The third-order valence-corrected chi connectivity index (χ3v) is 5.07. The fourth-order valence-electron chi connectivity index (χ4n) is 2.03. The molecule has 1 aromatic rings. The minimum absolute atomic E-state index is 0.125. The smallest absolute Gasteiger partial charge is 0.316 e. The number of carboxylic acid groups (broad SMARTS) is 1. The summed E-state index contributed by atoms with van der Waals surface area (Å²) in [7, 11) is 0. The number of carbonyl (C=O) groups excluding carboxylic acids is 1. The third-order valence-electron chi connectivity index (χ3n) is 3.90. The number of amides is 1. The summed E-state index contributed by atoms with van der Waals surface area (Å²) < 4.78 is 0. The molecule has 0 bridgehead atoms. The van der Waals surface area contributed by atoms with Crippen LogP contribution in [0.3, 0.4) is 0 Å². The first-order valence-corrected chi connectivity index (χ1v) is 8.06. The molecule has 1 unspecified atom stereocenters. The molecule has 1 atom stereocenters. The van der Waals surface area contributed by atoms with Crippen molar-refractivity contribution in [3.8, 4) is 0 Å². The maximum absolute atomic E-state index is 12.3. The fourth-order valence-corrected chi connectivity index (χ4v) is 2.96. The van der Waals surface area contributed by atoms with Crippen LogP contribution in [-0.2, 0) is 4.79 Å². The number of thioether (sulfide) groups is 1. The Morgan fingerprint density at radius 3 is 2.67 bits per heavy atom. The average Bonchev–Trinajstić information content (AvgIpc) is 3.17. The molecule has 1 fully saturated rings. The molecule has 2 rings (SSSR count). The predicted molar refractivity (Wildman–Crippen MR) is 83.7 cm³/mol. The van der Waals surface area contributed by atoms with Crippen LogP contribution in [0.15, 0.2) is 29.2 Å². The Labute approximate surface area is 129 Å². The van der Waals surface area contributed by atoms with Crippen LogP contribution in [0.25, 0.3) is 0 Å². The number of hydrogen-bond acceptors (Lipinski definition) is 3. The van der Waals surface area contributed by atoms with E-state index in [-0.39, 0.29) is 5.91 Å². The molecule has 0 radical (unpaired) electrons. The molecule has 1 aliphatic carbocycles. The van der Waals surface area contributed by atoms with E-state index >= 15 is 0 Å². The Balaban J connectivity index is 1.97. The summed E-state index contributed by atoms with van der Waals surface area (Å²) in [6.45, 7) is 4.52. The van der Waals surface area contributed by atoms with Crippen LogP contribution in [0.5, 0.6) is 0 Å². The molecule has 1 saturated carbocycles. The van der Waals surface area contributed by atoms with Crippen LogP contribution in [0.4, 0.5) is 0 Å². The van der Waals surface area contributed by atoms with Gasteiger partial charge < -0.3 is 10.4 Å². The van der Waals surface area contributed by atoms with E-state index in [0.29, 0.717) is 22.4 Å². The summed E-state index contributed by atoms with van der Waals surface area (Å²) in [5.74, 6) is -1.00. The van der Waals surface area contributed by atoms with Crippen LogP contribution in [0.2, 0.25) is 0 Å². The lowest BCUT2D eigenvalue weighted by molar-refractivity contribution is -0.136. The zero-order valence-electron chi connectivity index (χ0n) is 12.4. The van der Waals surface area contributed by atoms with Gasteiger partial charge in [0, 0.05) is 11.4 Å². The van der Waals surface area contributed by atoms with Gasteiger partial charge >= 0.3 is 5.97 Å². The maximum Gasteiger partial charge on any atom is 0.316 e. The highest BCUT2D eigenvalue weighted by Gasteiger charge is 2.36. The second-order valence-corrected chi connectivity index (χ2v) is 7.29. The second-order valence-electron chi connectivity index (χ2n) is 5.91. The first-order valence-electron chi connectivity index (χ1n) is 7.18. The molecule has 0 aliphatic heterocycles. The van der Waals surface area contributed by atoms with E-state index in [1.807, 2.05) is 6.07 Å². The number of aliphatic carboxylic acids is 1. The summed E-state index contributed by atoms with van der Waals surface area (Å²) in [4.78, 5) is 23.9. The van der Waals surface area contributed by atoms with E-state index in [4.69, 9.17) is 5.11 Å². The topological polar surface area (TPSA) is 66.4 Å². The van der Waals surface area contributed by atoms with Crippen LogP contribution < -0.4 is 5.32 Å². The van der Waals surface area contributed by atoms with Gasteiger partial charge in [-0.2, -0.15) is 0 Å². The standard InChI is InChI=1S/C16H21NO3S/c1-11(15(19)20)21-13-6-4-3-5-12(13)14(18)17-10-9-16(2)7-8-16/h3-6,11H,7-10H2,1-2H3,(H,17,18)(H,19,20). The lowest BCUT2D eigenvalue weighted by Crippen LogP contribution is -2.26. The summed E-state index contributed by atoms with van der Waals surface area (Å²) in [6, 6.07) is 7.15. The molecule has 0 saturated heterocycles. The van der Waals surface area contributed by atoms with E-state index in [2.05, 4.69) is 12.2 Å². The number of benzene rings is 1. The first-order chi connectivity index (χ1) is 9.91. The van der Waals surface area contributed by atoms with Crippen molar-refractivity contribution in [3.05, 3.63) is 29.8 Å². The van der Waals surface area contributed by atoms with Crippen LogP contribution in [0.1, 0.15) is 43.5 Å². The first kappa shape index (κ1) is 15.9. The van der Waals surface area contributed by atoms with Gasteiger partial charge in [-0.05, 0) is 43.7 Å². The maximum atomic E-state index is 12.3. The van der Waals surface area contributed by atoms with E-state index < -0.39 is 11.2 Å². The lowest BCUT2D eigenvalue weighted by Gasteiger charge is -2.13. The van der Waals surface area contributed by atoms with Crippen molar-refractivity contribution in [2.24, 2.45) is 5.41 Å². The van der Waals surface area contributed by atoms with Crippen molar-refractivity contribution in [1.82, 2.24) is 5.32 Å². The molecular formula is C16H21NO3S. The summed E-state index contributed by atoms with van der Waals surface area (Å²) >= 11 is 1.20. The predicted octanol–water partition coefficient (Wildman–Crippen LogP) is 3.17. The van der Waals surface area contributed by atoms with Crippen molar-refractivity contribution in [1.29, 1.82) is 0 Å². The molecule has 1 aliphatic rings. The Kier molecular flexibility index (Phi) is 4.93. The van der Waals surface area contributed by atoms with Crippen LogP contribution in [-0.4, -0.2) is 28.8 Å². The Bertz CT molecular complexity index is 540. The van der Waals surface area contributed by atoms with Crippen LogP contribution in [0, 0.1) is 5.41 Å². The van der Waals surface area contributed by atoms with Crippen LogP contribution >= 0.6 is 11.8 Å². The fraction of sp³-hybridized carbons (Fsp3) is 0.500. The van der Waals surface area contributed by atoms with Gasteiger partial charge in [-0.25, -0.2) is 0 Å². The van der Waals surface area contributed by atoms with Crippen molar-refractivity contribution < 1.29 is 14.7 Å². The SMILES string of the molecule is CC(Sc1ccccc1C(=O)NCCC1(C)CC1)C(=O)O. The van der Waals surface area contributed by atoms with Crippen molar-refractivity contribution in [2.75, 3.05) is 6.54 Å². The summed E-state index contributed by atoms with van der Waals surface area (Å²) in [6.07, 6.45) is 3.48. The molecule has 2 N–H and O–H groups in total. The van der Waals surface area contributed by atoms with Gasteiger partial charge in [-0.1, -0.05) is 19.1 Å². The zero-order valence-corrected chi connectivity index (χ0v) is 13.2. The molecule has 1 aromatic carbocycles. The molecule has 0 heterocycles. The Morgan fingerprint density at radius 2 is 2.05 bits per heavy atom. The van der Waals surface area contributed by atoms with E-state index in [0.717, 1.165) is 6.42 Å². The summed E-state index contributed by atoms with van der Waals surface area (Å²) in [5, 5.41) is 11.3. The number of hydrogen-bond donors (Lipinski definition) is 2. The highest BCUT2D eigenvalue weighted by molar-refractivity contribution is 8.00. The second kappa shape index (κ2) is 6.52. The molecule has 5 heteroatoms. The lowest BCUT2D eigenvalue weighted by atomic mass is 10.1. The molecule has 114 valence electrons. The van der Waals surface area contributed by atoms with Gasteiger partial charge in [0.1, 0.15) is 5.25 Å². The number of rotatable bonds is 7. The van der Waals surface area contributed by atoms with E-state index in [1.54, 1.807) is 25.1 Å². The molecule has 4 nitrogen and oxygen atoms in total. The van der Waals surface area contributed by atoms with Crippen molar-refractivity contribution in [2.45, 2.75) is 43.3 Å². The largest absolute Gasteiger partial charge is 0.480 e. The monoisotopic (exact) mass is 307 g/mol. The normalized spacial score (nSPS) is 17.0. The molecular weight excluding hydrogens is 286 g/mol. The summed E-state index contributed by atoms with van der Waals surface area (Å²) in [5.41, 5.74) is 0.968. The quantitative estimate of drug-likeness (QED) is 0.759. The van der Waals surface area contributed by atoms with Crippen molar-refractivity contribution >= 4 is 23.6 Å². The van der Waals surface area contributed by atoms with Gasteiger partial charge in [0.15, 0.2) is 0 Å². The van der Waals surface area contributed by atoms with Gasteiger partial charge in [0.2, 0.25) is 0 Å². The molecule has 1 amide bonds. The minimum atomic E-state index is -0.878. The van der Waals surface area contributed by atoms with E-state index in [1.165, 1.54) is 24.6 Å².